The quantitative estimate of drug-likeness (QED) is 0.589. The zero-order chi connectivity index (χ0) is 20.7. The summed E-state index contributed by atoms with van der Waals surface area (Å²) < 4.78 is 94.5. The minimum absolute atomic E-state index is 0.585. The van der Waals surface area contributed by atoms with Crippen LogP contribution in [0.2, 0.25) is 0 Å². The lowest BCUT2D eigenvalue weighted by Gasteiger charge is -2.35. The second kappa shape index (κ2) is 6.77. The second-order valence-corrected chi connectivity index (χ2v) is 6.30. The van der Waals surface area contributed by atoms with Crippen LogP contribution in [-0.4, -0.2) is 5.11 Å². The maximum Gasteiger partial charge on any atom is 0.416 e. The average Bonchev–Trinajstić information content (AvgIpc) is 2.62. The molecule has 0 radical (unpaired) electrons. The van der Waals surface area contributed by atoms with Crippen molar-refractivity contribution in [3.63, 3.8) is 0 Å². The number of alkyl halides is 6. The van der Waals surface area contributed by atoms with Crippen LogP contribution in [0.15, 0.2) is 66.5 Å². The van der Waals surface area contributed by atoms with Crippen LogP contribution in [0.4, 0.5) is 30.7 Å². The highest BCUT2D eigenvalue weighted by Crippen LogP contribution is 2.49. The van der Waals surface area contributed by atoms with E-state index < -0.39 is 58.0 Å². The lowest BCUT2D eigenvalue weighted by Crippen LogP contribution is -2.32. The summed E-state index contributed by atoms with van der Waals surface area (Å²) >= 11 is 0. The van der Waals surface area contributed by atoms with E-state index in [9.17, 15) is 35.8 Å². The van der Waals surface area contributed by atoms with E-state index in [-0.39, 0.29) is 0 Å². The fourth-order valence-corrected chi connectivity index (χ4v) is 3.28. The molecule has 148 valence electrons. The van der Waals surface area contributed by atoms with Crippen LogP contribution in [0.3, 0.4) is 0 Å². The summed E-state index contributed by atoms with van der Waals surface area (Å²) in [6, 6.07) is 8.07. The number of benzene rings is 2. The summed E-state index contributed by atoms with van der Waals surface area (Å²) in [6.45, 7) is 0. The zero-order valence-corrected chi connectivity index (χ0v) is 14.1. The molecule has 0 amide bonds. The van der Waals surface area contributed by atoms with Crippen molar-refractivity contribution in [2.75, 3.05) is 0 Å². The molecule has 1 atom stereocenters. The largest absolute Gasteiger partial charge is 0.416 e. The van der Waals surface area contributed by atoms with Crippen LogP contribution in [-0.2, 0) is 18.0 Å². The van der Waals surface area contributed by atoms with Crippen molar-refractivity contribution >= 4 is 5.57 Å². The van der Waals surface area contributed by atoms with E-state index in [0.29, 0.717) is 6.08 Å². The van der Waals surface area contributed by atoms with E-state index in [0.717, 1.165) is 42.5 Å². The minimum Gasteiger partial charge on any atom is -0.380 e. The number of allylic oxidation sites excluding steroid dienone is 2. The standard InChI is InChI=1S/C20H13F7O/c21-12-9-10-18(28,15-7-3-4-8-16(15)20(25,26)27)17(11-12)13-5-1-2-6-14(13)19(22,23)24/h1-9,11,28H,10H2. The molecule has 0 heterocycles. The first kappa shape index (κ1) is 20.1. The predicted octanol–water partition coefficient (Wildman–Crippen LogP) is 6.25. The molecule has 1 unspecified atom stereocenters. The molecule has 1 aliphatic carbocycles. The van der Waals surface area contributed by atoms with Crippen molar-refractivity contribution in [3.8, 4) is 0 Å². The molecule has 0 bridgehead atoms. The third-order valence-electron chi connectivity index (χ3n) is 4.52. The molecule has 1 aliphatic rings. The highest BCUT2D eigenvalue weighted by atomic mass is 19.4. The highest BCUT2D eigenvalue weighted by molar-refractivity contribution is 5.79. The number of rotatable bonds is 2. The summed E-state index contributed by atoms with van der Waals surface area (Å²) in [5.74, 6) is -0.943. The lowest BCUT2D eigenvalue weighted by molar-refractivity contribution is -0.140. The Morgan fingerprint density at radius 1 is 0.786 bits per heavy atom. The smallest absolute Gasteiger partial charge is 0.380 e. The van der Waals surface area contributed by atoms with Crippen LogP contribution in [0, 0.1) is 0 Å². The number of hydrogen-bond acceptors (Lipinski definition) is 1. The SMILES string of the molecule is OC1(c2ccccc2C(F)(F)F)CC=C(F)C=C1c1ccccc1C(F)(F)F. The number of aliphatic hydroxyl groups is 1. The van der Waals surface area contributed by atoms with Gasteiger partial charge in [-0.2, -0.15) is 26.3 Å². The Balaban J connectivity index is 2.29. The molecule has 0 spiro atoms. The summed E-state index contributed by atoms with van der Waals surface area (Å²) in [6.07, 6.45) is -8.88. The van der Waals surface area contributed by atoms with E-state index >= 15 is 0 Å². The molecule has 2 aromatic carbocycles. The minimum atomic E-state index is -4.86. The van der Waals surface area contributed by atoms with E-state index in [1.807, 2.05) is 0 Å². The molecule has 8 heteroatoms. The molecule has 0 aromatic heterocycles. The molecule has 2 aromatic rings. The number of halogens is 7. The third-order valence-corrected chi connectivity index (χ3v) is 4.52. The van der Waals surface area contributed by atoms with Crippen molar-refractivity contribution in [2.24, 2.45) is 0 Å². The molecule has 0 aliphatic heterocycles. The Hall–Kier alpha value is -2.61. The van der Waals surface area contributed by atoms with E-state index in [1.165, 1.54) is 12.1 Å². The highest BCUT2D eigenvalue weighted by Gasteiger charge is 2.45. The van der Waals surface area contributed by atoms with Gasteiger partial charge in [0.1, 0.15) is 11.4 Å². The van der Waals surface area contributed by atoms with Crippen LogP contribution in [0.25, 0.3) is 5.57 Å². The predicted molar refractivity (Wildman–Crippen MR) is 88.6 cm³/mol. The van der Waals surface area contributed by atoms with Gasteiger partial charge < -0.3 is 5.11 Å². The third kappa shape index (κ3) is 3.56. The van der Waals surface area contributed by atoms with Crippen LogP contribution in [0.1, 0.15) is 28.7 Å². The normalized spacial score (nSPS) is 20.6. The van der Waals surface area contributed by atoms with Crippen molar-refractivity contribution in [1.29, 1.82) is 0 Å². The van der Waals surface area contributed by atoms with Gasteiger partial charge >= 0.3 is 12.4 Å². The van der Waals surface area contributed by atoms with Gasteiger partial charge in [0.05, 0.1) is 11.1 Å². The van der Waals surface area contributed by atoms with E-state index in [1.54, 1.807) is 0 Å². The molecular formula is C20H13F7O. The zero-order valence-electron chi connectivity index (χ0n) is 14.1. The Kier molecular flexibility index (Phi) is 4.87. The van der Waals surface area contributed by atoms with Gasteiger partial charge in [0, 0.05) is 12.0 Å². The maximum absolute atomic E-state index is 13.9. The van der Waals surface area contributed by atoms with E-state index in [2.05, 4.69) is 0 Å². The van der Waals surface area contributed by atoms with Crippen molar-refractivity contribution < 1.29 is 35.8 Å². The first-order valence-corrected chi connectivity index (χ1v) is 8.08. The topological polar surface area (TPSA) is 20.2 Å². The van der Waals surface area contributed by atoms with Crippen molar-refractivity contribution in [2.45, 2.75) is 24.4 Å². The molecule has 1 nitrogen and oxygen atoms in total. The van der Waals surface area contributed by atoms with E-state index in [4.69, 9.17) is 0 Å². The fraction of sp³-hybridized carbons (Fsp3) is 0.200. The van der Waals surface area contributed by atoms with Gasteiger partial charge in [-0.05, 0) is 35.4 Å². The van der Waals surface area contributed by atoms with Gasteiger partial charge in [-0.25, -0.2) is 4.39 Å². The average molecular weight is 402 g/mol. The van der Waals surface area contributed by atoms with Crippen LogP contribution < -0.4 is 0 Å². The van der Waals surface area contributed by atoms with Gasteiger partial charge in [0.15, 0.2) is 0 Å². The molecule has 0 fully saturated rings. The Bertz CT molecular complexity index is 954. The lowest BCUT2D eigenvalue weighted by atomic mass is 9.74. The molecule has 0 saturated heterocycles. The van der Waals surface area contributed by atoms with Gasteiger partial charge in [-0.3, -0.25) is 0 Å². The Labute approximate surface area is 155 Å². The summed E-state index contributed by atoms with van der Waals surface area (Å²) in [4.78, 5) is 0. The molecule has 28 heavy (non-hydrogen) atoms. The van der Waals surface area contributed by atoms with Crippen LogP contribution >= 0.6 is 0 Å². The second-order valence-electron chi connectivity index (χ2n) is 6.30. The monoisotopic (exact) mass is 402 g/mol. The molecule has 3 rings (SSSR count). The van der Waals surface area contributed by atoms with Gasteiger partial charge in [0.25, 0.3) is 0 Å². The summed E-state index contributed by atoms with van der Waals surface area (Å²) in [7, 11) is 0. The maximum atomic E-state index is 13.9. The summed E-state index contributed by atoms with van der Waals surface area (Å²) in [5.41, 5.74) is -6.70. The van der Waals surface area contributed by atoms with Gasteiger partial charge in [-0.1, -0.05) is 36.4 Å². The summed E-state index contributed by atoms with van der Waals surface area (Å²) in [5, 5.41) is 11.2. The first-order chi connectivity index (χ1) is 12.9. The Morgan fingerprint density at radius 3 is 1.93 bits per heavy atom. The van der Waals surface area contributed by atoms with Gasteiger partial charge in [-0.15, -0.1) is 0 Å². The molecular weight excluding hydrogens is 389 g/mol. The first-order valence-electron chi connectivity index (χ1n) is 8.08. The fourth-order valence-electron chi connectivity index (χ4n) is 3.28. The van der Waals surface area contributed by atoms with Crippen LogP contribution in [0.5, 0.6) is 0 Å². The molecule has 0 saturated carbocycles. The van der Waals surface area contributed by atoms with Crippen molar-refractivity contribution in [3.05, 3.63) is 88.8 Å². The number of hydrogen-bond donors (Lipinski definition) is 1. The van der Waals surface area contributed by atoms with Crippen molar-refractivity contribution in [1.82, 2.24) is 0 Å². The Morgan fingerprint density at radius 2 is 1.32 bits per heavy atom. The van der Waals surface area contributed by atoms with Gasteiger partial charge in [0.2, 0.25) is 0 Å². The molecule has 1 N–H and O–H groups in total.